The van der Waals surface area contributed by atoms with Crippen LogP contribution < -0.4 is 0 Å². The number of rotatable bonds is 4. The molecule has 0 aromatic carbocycles. The zero-order chi connectivity index (χ0) is 11.4. The first-order valence-electron chi connectivity index (χ1n) is 4.57. The van der Waals surface area contributed by atoms with Gasteiger partial charge in [-0.2, -0.15) is 0 Å². The van der Waals surface area contributed by atoms with Gasteiger partial charge < -0.3 is 0 Å². The summed E-state index contributed by atoms with van der Waals surface area (Å²) in [4.78, 5) is 16.7. The van der Waals surface area contributed by atoms with E-state index in [0.29, 0.717) is 5.75 Å². The van der Waals surface area contributed by atoms with Crippen LogP contribution in [0, 0.1) is 0 Å². The van der Waals surface area contributed by atoms with Gasteiger partial charge in [0.1, 0.15) is 0 Å². The first-order chi connectivity index (χ1) is 7.75. The van der Waals surface area contributed by atoms with Crippen molar-refractivity contribution in [3.05, 3.63) is 45.2 Å². The first kappa shape index (κ1) is 11.8. The molecular weight excluding hydrogens is 306 g/mol. The van der Waals surface area contributed by atoms with Crippen LogP contribution in [0.1, 0.15) is 9.67 Å². The highest BCUT2D eigenvalue weighted by Gasteiger charge is 2.07. The van der Waals surface area contributed by atoms with E-state index in [1.165, 1.54) is 23.1 Å². The number of carbonyl (C=O) groups excluding carboxylic acids is 1. The Hall–Kier alpha value is -0.650. The molecule has 82 valence electrons. The molecule has 0 aliphatic carbocycles. The summed E-state index contributed by atoms with van der Waals surface area (Å²) in [7, 11) is 0. The molecule has 0 unspecified atom stereocenters. The summed E-state index contributed by atoms with van der Waals surface area (Å²) < 4.78 is 0.946. The van der Waals surface area contributed by atoms with E-state index in [-0.39, 0.29) is 5.78 Å². The second kappa shape index (κ2) is 5.61. The monoisotopic (exact) mass is 313 g/mol. The minimum Gasteiger partial charge on any atom is -0.292 e. The van der Waals surface area contributed by atoms with Gasteiger partial charge in [-0.1, -0.05) is 17.8 Å². The number of thiophene rings is 1. The lowest BCUT2D eigenvalue weighted by atomic mass is 10.4. The molecule has 0 bridgehead atoms. The maximum atomic E-state index is 11.7. The molecule has 0 aliphatic rings. The van der Waals surface area contributed by atoms with E-state index >= 15 is 0 Å². The predicted octanol–water partition coefficient (Wildman–Crippen LogP) is 3.88. The maximum Gasteiger partial charge on any atom is 0.183 e. The summed E-state index contributed by atoms with van der Waals surface area (Å²) >= 11 is 6.26. The Bertz CT molecular complexity index is 467. The van der Waals surface area contributed by atoms with Gasteiger partial charge in [0, 0.05) is 10.7 Å². The van der Waals surface area contributed by atoms with Crippen LogP contribution in [-0.2, 0) is 0 Å². The number of ketones is 1. The number of halogens is 1. The van der Waals surface area contributed by atoms with Gasteiger partial charge in [0.05, 0.1) is 15.7 Å². The van der Waals surface area contributed by atoms with Crippen LogP contribution in [0.3, 0.4) is 0 Å². The fourth-order valence-corrected chi connectivity index (χ4v) is 2.81. The lowest BCUT2D eigenvalue weighted by Gasteiger charge is -1.99. The zero-order valence-electron chi connectivity index (χ0n) is 8.22. The molecule has 2 heterocycles. The Morgan fingerprint density at radius 3 is 2.94 bits per heavy atom. The summed E-state index contributed by atoms with van der Waals surface area (Å²) in [6.45, 7) is 0. The number of thioether (sulfide) groups is 1. The van der Waals surface area contributed by atoms with Crippen molar-refractivity contribution < 1.29 is 4.79 Å². The van der Waals surface area contributed by atoms with Gasteiger partial charge in [0.25, 0.3) is 0 Å². The molecule has 0 fully saturated rings. The lowest BCUT2D eigenvalue weighted by molar-refractivity contribution is 0.102. The lowest BCUT2D eigenvalue weighted by Crippen LogP contribution is -1.99. The third-order valence-corrected chi connectivity index (χ3v) is 4.17. The van der Waals surface area contributed by atoms with E-state index in [4.69, 9.17) is 0 Å². The predicted molar refractivity (Wildman–Crippen MR) is 71.3 cm³/mol. The molecule has 0 aliphatic heterocycles. The van der Waals surface area contributed by atoms with Gasteiger partial charge in [-0.15, -0.1) is 11.3 Å². The Balaban J connectivity index is 1.93. The third-order valence-electron chi connectivity index (χ3n) is 1.85. The molecule has 0 saturated carbocycles. The largest absolute Gasteiger partial charge is 0.292 e. The van der Waals surface area contributed by atoms with Gasteiger partial charge in [0.2, 0.25) is 0 Å². The summed E-state index contributed by atoms with van der Waals surface area (Å²) in [6, 6.07) is 7.56. The highest BCUT2D eigenvalue weighted by atomic mass is 79.9. The maximum absolute atomic E-state index is 11.7. The van der Waals surface area contributed by atoms with Gasteiger partial charge in [0.15, 0.2) is 5.78 Å². The van der Waals surface area contributed by atoms with E-state index in [9.17, 15) is 4.79 Å². The average molecular weight is 314 g/mol. The molecule has 5 heteroatoms. The van der Waals surface area contributed by atoms with Crippen LogP contribution in [0.2, 0.25) is 0 Å². The fraction of sp³-hybridized carbons (Fsp3) is 0.0909. The van der Waals surface area contributed by atoms with Crippen molar-refractivity contribution in [1.82, 2.24) is 4.98 Å². The first-order valence-corrected chi connectivity index (χ1v) is 7.22. The normalized spacial score (nSPS) is 10.3. The number of pyridine rings is 1. The standard InChI is InChI=1S/C11H8BrNOS2/c12-8-3-4-11(13-6-8)16-7-9(14)10-2-1-5-15-10/h1-6H,7H2. The van der Waals surface area contributed by atoms with Crippen molar-refractivity contribution in [2.45, 2.75) is 5.03 Å². The van der Waals surface area contributed by atoms with Crippen molar-refractivity contribution >= 4 is 44.8 Å². The summed E-state index contributed by atoms with van der Waals surface area (Å²) in [5, 5.41) is 2.78. The molecule has 2 rings (SSSR count). The molecular formula is C11H8BrNOS2. The molecule has 0 radical (unpaired) electrons. The minimum atomic E-state index is 0.157. The van der Waals surface area contributed by atoms with E-state index < -0.39 is 0 Å². The summed E-state index contributed by atoms with van der Waals surface area (Å²) in [5.41, 5.74) is 0. The van der Waals surface area contributed by atoms with Crippen molar-refractivity contribution in [2.24, 2.45) is 0 Å². The van der Waals surface area contributed by atoms with Crippen LogP contribution >= 0.6 is 39.0 Å². The number of Topliss-reactive ketones (excluding diaryl/α,β-unsaturated/α-hetero) is 1. The zero-order valence-corrected chi connectivity index (χ0v) is 11.4. The van der Waals surface area contributed by atoms with Gasteiger partial charge in [-0.25, -0.2) is 4.98 Å². The Kier molecular flexibility index (Phi) is 4.15. The second-order valence-electron chi connectivity index (χ2n) is 3.00. The fourth-order valence-electron chi connectivity index (χ4n) is 1.10. The Morgan fingerprint density at radius 2 is 2.31 bits per heavy atom. The molecule has 0 N–H and O–H groups in total. The van der Waals surface area contributed by atoms with Crippen molar-refractivity contribution in [3.63, 3.8) is 0 Å². The van der Waals surface area contributed by atoms with E-state index in [1.54, 1.807) is 6.20 Å². The molecule has 2 aromatic heterocycles. The van der Waals surface area contributed by atoms with Crippen molar-refractivity contribution in [2.75, 3.05) is 5.75 Å². The van der Waals surface area contributed by atoms with E-state index in [1.807, 2.05) is 29.6 Å². The van der Waals surface area contributed by atoms with E-state index in [2.05, 4.69) is 20.9 Å². The van der Waals surface area contributed by atoms with Crippen molar-refractivity contribution in [3.8, 4) is 0 Å². The molecule has 2 aromatic rings. The van der Waals surface area contributed by atoms with E-state index in [0.717, 1.165) is 14.4 Å². The van der Waals surface area contributed by atoms with Crippen LogP contribution in [0.25, 0.3) is 0 Å². The average Bonchev–Trinajstić information content (AvgIpc) is 2.81. The molecule has 2 nitrogen and oxygen atoms in total. The van der Waals surface area contributed by atoms with Crippen molar-refractivity contribution in [1.29, 1.82) is 0 Å². The minimum absolute atomic E-state index is 0.157. The van der Waals surface area contributed by atoms with Crippen LogP contribution in [0.15, 0.2) is 45.3 Å². The van der Waals surface area contributed by atoms with Crippen LogP contribution in [0.4, 0.5) is 0 Å². The molecule has 0 spiro atoms. The summed E-state index contributed by atoms with van der Waals surface area (Å²) in [5.74, 6) is 0.597. The number of aromatic nitrogens is 1. The SMILES string of the molecule is O=C(CSc1ccc(Br)cn1)c1cccs1. The highest BCUT2D eigenvalue weighted by molar-refractivity contribution is 9.10. The quantitative estimate of drug-likeness (QED) is 0.634. The highest BCUT2D eigenvalue weighted by Crippen LogP contribution is 2.20. The van der Waals surface area contributed by atoms with Gasteiger partial charge in [-0.05, 0) is 39.5 Å². The molecule has 0 atom stereocenters. The molecule has 16 heavy (non-hydrogen) atoms. The second-order valence-corrected chi connectivity index (χ2v) is 5.86. The van der Waals surface area contributed by atoms with Crippen LogP contribution in [0.5, 0.6) is 0 Å². The molecule has 0 saturated heterocycles. The topological polar surface area (TPSA) is 30.0 Å². The number of hydrogen-bond acceptors (Lipinski definition) is 4. The van der Waals surface area contributed by atoms with Gasteiger partial charge in [-0.3, -0.25) is 4.79 Å². The summed E-state index contributed by atoms with van der Waals surface area (Å²) in [6.07, 6.45) is 1.73. The molecule has 0 amide bonds. The van der Waals surface area contributed by atoms with Crippen LogP contribution in [-0.4, -0.2) is 16.5 Å². The Labute approximate surface area is 110 Å². The smallest absolute Gasteiger partial charge is 0.183 e. The number of nitrogens with zero attached hydrogens (tertiary/aromatic N) is 1. The number of carbonyl (C=O) groups is 1. The Morgan fingerprint density at radius 1 is 1.44 bits per heavy atom. The van der Waals surface area contributed by atoms with Gasteiger partial charge >= 0.3 is 0 Å². The third kappa shape index (κ3) is 3.17. The number of hydrogen-bond donors (Lipinski definition) is 0.